The molecular weight excluding hydrogens is 158 g/mol. The molecule has 1 atom stereocenters. The molecule has 0 unspecified atom stereocenters. The summed E-state index contributed by atoms with van der Waals surface area (Å²) >= 11 is 0. The van der Waals surface area contributed by atoms with Gasteiger partial charge >= 0.3 is 5.97 Å². The maximum absolute atomic E-state index is 10.9. The number of carbonyl (C=O) groups is 1. The Morgan fingerprint density at radius 2 is 2.08 bits per heavy atom. The van der Waals surface area contributed by atoms with E-state index in [0.717, 1.165) is 0 Å². The molecule has 0 spiro atoms. The monoisotopic (exact) mass is 175 g/mol. The topological polar surface area (TPSA) is 61.5 Å². The predicted molar refractivity (Wildman–Crippen MR) is 45.7 cm³/mol. The van der Waals surface area contributed by atoms with Gasteiger partial charge in [-0.2, -0.15) is 0 Å². The van der Waals surface area contributed by atoms with E-state index in [0.29, 0.717) is 6.61 Å². The Hall–Kier alpha value is -0.610. The van der Waals surface area contributed by atoms with Crippen molar-refractivity contribution in [2.45, 2.75) is 32.9 Å². The summed E-state index contributed by atoms with van der Waals surface area (Å²) in [6, 6.07) is -0.660. The second-order valence-electron chi connectivity index (χ2n) is 2.74. The third kappa shape index (κ3) is 5.09. The van der Waals surface area contributed by atoms with Crippen molar-refractivity contribution in [1.29, 1.82) is 0 Å². The van der Waals surface area contributed by atoms with Gasteiger partial charge in [0.15, 0.2) is 0 Å². The van der Waals surface area contributed by atoms with E-state index >= 15 is 0 Å². The van der Waals surface area contributed by atoms with Gasteiger partial charge in [-0.15, -0.1) is 0 Å². The molecule has 0 heterocycles. The normalized spacial score (nSPS) is 13.1. The molecular formula is C8H17NO3. The standard InChI is InChI=1S/C8H17NO3/c1-4-11-8(10)7(9)5-12-6(2)3/h6-7H,4-5,9H2,1-3H3/t7-/m0/s1. The Kier molecular flexibility index (Phi) is 5.66. The molecule has 0 saturated heterocycles. The number of rotatable bonds is 5. The van der Waals surface area contributed by atoms with E-state index in [-0.39, 0.29) is 12.7 Å². The zero-order valence-corrected chi connectivity index (χ0v) is 7.87. The van der Waals surface area contributed by atoms with Crippen molar-refractivity contribution in [1.82, 2.24) is 0 Å². The first-order chi connectivity index (χ1) is 5.57. The van der Waals surface area contributed by atoms with E-state index in [1.165, 1.54) is 0 Å². The summed E-state index contributed by atoms with van der Waals surface area (Å²) in [5.41, 5.74) is 5.45. The molecule has 0 amide bonds. The first-order valence-electron chi connectivity index (χ1n) is 4.11. The second-order valence-corrected chi connectivity index (χ2v) is 2.74. The SMILES string of the molecule is CCOC(=O)[C@@H](N)COC(C)C. The van der Waals surface area contributed by atoms with E-state index < -0.39 is 12.0 Å². The summed E-state index contributed by atoms with van der Waals surface area (Å²) in [5, 5.41) is 0. The first-order valence-corrected chi connectivity index (χ1v) is 4.11. The molecule has 4 nitrogen and oxygen atoms in total. The van der Waals surface area contributed by atoms with Gasteiger partial charge in [-0.05, 0) is 20.8 Å². The average molecular weight is 175 g/mol. The third-order valence-electron chi connectivity index (χ3n) is 1.20. The van der Waals surface area contributed by atoms with Gasteiger partial charge in [0.1, 0.15) is 6.04 Å². The molecule has 4 heteroatoms. The Morgan fingerprint density at radius 1 is 1.50 bits per heavy atom. The van der Waals surface area contributed by atoms with Crippen LogP contribution in [0.2, 0.25) is 0 Å². The smallest absolute Gasteiger partial charge is 0.325 e. The lowest BCUT2D eigenvalue weighted by Crippen LogP contribution is -2.37. The van der Waals surface area contributed by atoms with Crippen molar-refractivity contribution in [2.24, 2.45) is 5.73 Å². The minimum atomic E-state index is -0.660. The van der Waals surface area contributed by atoms with Crippen molar-refractivity contribution in [3.8, 4) is 0 Å². The molecule has 2 N–H and O–H groups in total. The fourth-order valence-electron chi connectivity index (χ4n) is 0.613. The van der Waals surface area contributed by atoms with Gasteiger partial charge in [0.05, 0.1) is 19.3 Å². The van der Waals surface area contributed by atoms with Crippen LogP contribution in [-0.4, -0.2) is 31.3 Å². The number of carbonyl (C=O) groups excluding carboxylic acids is 1. The van der Waals surface area contributed by atoms with Gasteiger partial charge in [-0.3, -0.25) is 4.79 Å². The van der Waals surface area contributed by atoms with Crippen LogP contribution >= 0.6 is 0 Å². The van der Waals surface area contributed by atoms with E-state index in [9.17, 15) is 4.79 Å². The zero-order chi connectivity index (χ0) is 9.56. The molecule has 0 aliphatic heterocycles. The quantitative estimate of drug-likeness (QED) is 0.610. The van der Waals surface area contributed by atoms with Crippen LogP contribution in [0.1, 0.15) is 20.8 Å². The van der Waals surface area contributed by atoms with Crippen molar-refractivity contribution in [3.05, 3.63) is 0 Å². The molecule has 0 aliphatic carbocycles. The summed E-state index contributed by atoms with van der Waals surface area (Å²) in [6.45, 7) is 6.09. The van der Waals surface area contributed by atoms with E-state index in [1.807, 2.05) is 13.8 Å². The fourth-order valence-corrected chi connectivity index (χ4v) is 0.613. The molecule has 0 rings (SSSR count). The van der Waals surface area contributed by atoms with Gasteiger partial charge in [0.25, 0.3) is 0 Å². The first kappa shape index (κ1) is 11.4. The average Bonchev–Trinajstić information content (AvgIpc) is 2.00. The van der Waals surface area contributed by atoms with Crippen molar-refractivity contribution < 1.29 is 14.3 Å². The highest BCUT2D eigenvalue weighted by atomic mass is 16.5. The number of hydrogen-bond acceptors (Lipinski definition) is 4. The van der Waals surface area contributed by atoms with Crippen LogP contribution in [0, 0.1) is 0 Å². The van der Waals surface area contributed by atoms with Crippen LogP contribution < -0.4 is 5.73 Å². The summed E-state index contributed by atoms with van der Waals surface area (Å²) in [7, 11) is 0. The lowest BCUT2D eigenvalue weighted by Gasteiger charge is -2.12. The predicted octanol–water partition coefficient (Wildman–Crippen LogP) is 0.302. The second kappa shape index (κ2) is 5.97. The maximum Gasteiger partial charge on any atom is 0.325 e. The minimum absolute atomic E-state index is 0.0884. The van der Waals surface area contributed by atoms with Crippen LogP contribution in [0.15, 0.2) is 0 Å². The summed E-state index contributed by atoms with van der Waals surface area (Å²) in [4.78, 5) is 10.9. The highest BCUT2D eigenvalue weighted by molar-refractivity contribution is 5.75. The Morgan fingerprint density at radius 3 is 2.50 bits per heavy atom. The zero-order valence-electron chi connectivity index (χ0n) is 7.87. The van der Waals surface area contributed by atoms with E-state index in [2.05, 4.69) is 0 Å². The Bertz CT molecular complexity index is 136. The van der Waals surface area contributed by atoms with Crippen LogP contribution in [-0.2, 0) is 14.3 Å². The van der Waals surface area contributed by atoms with E-state index in [4.69, 9.17) is 15.2 Å². The molecule has 0 radical (unpaired) electrons. The van der Waals surface area contributed by atoms with Crippen molar-refractivity contribution in [3.63, 3.8) is 0 Å². The van der Waals surface area contributed by atoms with Gasteiger partial charge in [0.2, 0.25) is 0 Å². The van der Waals surface area contributed by atoms with Gasteiger partial charge < -0.3 is 15.2 Å². The largest absolute Gasteiger partial charge is 0.465 e. The van der Waals surface area contributed by atoms with E-state index in [1.54, 1.807) is 6.92 Å². The molecule has 0 saturated carbocycles. The van der Waals surface area contributed by atoms with Crippen LogP contribution in [0.4, 0.5) is 0 Å². The molecule has 0 aromatic heterocycles. The number of nitrogens with two attached hydrogens (primary N) is 1. The maximum atomic E-state index is 10.9. The molecule has 72 valence electrons. The van der Waals surface area contributed by atoms with Crippen molar-refractivity contribution in [2.75, 3.05) is 13.2 Å². The van der Waals surface area contributed by atoms with Crippen LogP contribution in [0.25, 0.3) is 0 Å². The summed E-state index contributed by atoms with van der Waals surface area (Å²) in [5.74, 6) is -0.404. The minimum Gasteiger partial charge on any atom is -0.465 e. The molecule has 0 aromatic rings. The molecule has 0 aliphatic rings. The molecule has 0 fully saturated rings. The van der Waals surface area contributed by atoms with Gasteiger partial charge in [-0.25, -0.2) is 0 Å². The Balaban J connectivity index is 3.56. The number of esters is 1. The molecule has 0 aromatic carbocycles. The van der Waals surface area contributed by atoms with Crippen LogP contribution in [0.3, 0.4) is 0 Å². The Labute approximate surface area is 73.0 Å². The van der Waals surface area contributed by atoms with Gasteiger partial charge in [-0.1, -0.05) is 0 Å². The lowest BCUT2D eigenvalue weighted by molar-refractivity contribution is -0.146. The highest BCUT2D eigenvalue weighted by Gasteiger charge is 2.14. The van der Waals surface area contributed by atoms with Crippen LogP contribution in [0.5, 0.6) is 0 Å². The van der Waals surface area contributed by atoms with Gasteiger partial charge in [0, 0.05) is 0 Å². The third-order valence-corrected chi connectivity index (χ3v) is 1.20. The highest BCUT2D eigenvalue weighted by Crippen LogP contribution is 1.92. The molecule has 0 bridgehead atoms. The summed E-state index contributed by atoms with van der Waals surface area (Å²) in [6.07, 6.45) is 0.0884. The number of hydrogen-bond donors (Lipinski definition) is 1. The lowest BCUT2D eigenvalue weighted by atomic mass is 10.3. The number of ether oxygens (including phenoxy) is 2. The summed E-state index contributed by atoms with van der Waals surface area (Å²) < 4.78 is 9.84. The van der Waals surface area contributed by atoms with Crippen molar-refractivity contribution >= 4 is 5.97 Å². The molecule has 12 heavy (non-hydrogen) atoms. The fraction of sp³-hybridized carbons (Fsp3) is 0.875.